The van der Waals surface area contributed by atoms with E-state index in [1.165, 1.54) is 76.0 Å². The molecule has 2 heteroatoms. The number of nitrogens with one attached hydrogen (secondary N) is 1. The van der Waals surface area contributed by atoms with Gasteiger partial charge in [-0.1, -0.05) is 116 Å². The van der Waals surface area contributed by atoms with E-state index in [0.29, 0.717) is 18.0 Å². The topological polar surface area (TPSA) is 38.0 Å². The van der Waals surface area contributed by atoms with E-state index in [-0.39, 0.29) is 0 Å². The maximum atomic E-state index is 5.81. The third-order valence-electron chi connectivity index (χ3n) is 10.5. The molecule has 45 heavy (non-hydrogen) atoms. The first-order chi connectivity index (χ1) is 22.0. The normalized spacial score (nSPS) is 24.0. The average Bonchev–Trinajstić information content (AvgIpc) is 3.07. The van der Waals surface area contributed by atoms with Crippen LogP contribution in [-0.4, -0.2) is 12.1 Å². The highest BCUT2D eigenvalue weighted by atomic mass is 15.0. The Kier molecular flexibility index (Phi) is 11.7. The standard InChI is InChI=1S/C43H54N2/c1-5-7-8-15-33-16-13-19-36(30-33)38(32(4)45-43-23-14-18-35-17-9-10-20-40(35)43)25-24-31(3)37-26-27-39(34(6-2)28-29-44)42-22-12-11-21-41(37)42/h5-8,11-16,19,21-24,28-30,32,35,38,40,43,45H,9-10,17-18,20,25-27,44H2,1-4H3/b7-5-,15-8+,29-28-,31-24+,34-6+. The first-order valence-corrected chi connectivity index (χ1v) is 17.4. The van der Waals surface area contributed by atoms with Crippen molar-refractivity contribution < 1.29 is 0 Å². The largest absolute Gasteiger partial charge is 0.405 e. The van der Waals surface area contributed by atoms with E-state index in [0.717, 1.165) is 31.1 Å². The Morgan fingerprint density at radius 3 is 2.53 bits per heavy atom. The van der Waals surface area contributed by atoms with Crippen molar-refractivity contribution in [2.75, 3.05) is 0 Å². The smallest absolute Gasteiger partial charge is 0.0283 e. The molecule has 1 fully saturated rings. The lowest BCUT2D eigenvalue weighted by molar-refractivity contribution is 0.182. The van der Waals surface area contributed by atoms with E-state index < -0.39 is 0 Å². The molecule has 2 aromatic rings. The second kappa shape index (κ2) is 16.1. The van der Waals surface area contributed by atoms with Gasteiger partial charge in [-0.25, -0.2) is 0 Å². The maximum absolute atomic E-state index is 5.81. The van der Waals surface area contributed by atoms with Crippen molar-refractivity contribution in [2.45, 2.75) is 97.1 Å². The van der Waals surface area contributed by atoms with Crippen molar-refractivity contribution in [1.82, 2.24) is 5.32 Å². The molecule has 2 nitrogen and oxygen atoms in total. The lowest BCUT2D eigenvalue weighted by Gasteiger charge is -2.41. The van der Waals surface area contributed by atoms with Gasteiger partial charge in [0.2, 0.25) is 0 Å². The van der Waals surface area contributed by atoms with Crippen molar-refractivity contribution >= 4 is 17.2 Å². The van der Waals surface area contributed by atoms with Gasteiger partial charge in [-0.2, -0.15) is 0 Å². The highest BCUT2D eigenvalue weighted by Crippen LogP contribution is 2.39. The van der Waals surface area contributed by atoms with Crippen molar-refractivity contribution in [3.05, 3.63) is 136 Å². The second-order valence-electron chi connectivity index (χ2n) is 13.2. The first-order valence-electron chi connectivity index (χ1n) is 17.4. The third-order valence-corrected chi connectivity index (χ3v) is 10.5. The van der Waals surface area contributed by atoms with Gasteiger partial charge >= 0.3 is 0 Å². The lowest BCUT2D eigenvalue weighted by Crippen LogP contribution is -2.47. The summed E-state index contributed by atoms with van der Waals surface area (Å²) in [6.07, 6.45) is 31.8. The molecular formula is C43H54N2. The number of rotatable bonds is 11. The molecule has 0 bridgehead atoms. The zero-order valence-electron chi connectivity index (χ0n) is 28.0. The molecule has 5 unspecified atom stereocenters. The number of benzene rings is 2. The molecule has 5 rings (SSSR count). The van der Waals surface area contributed by atoms with Gasteiger partial charge in [0.05, 0.1) is 0 Å². The molecule has 0 heterocycles. The molecule has 2 aromatic carbocycles. The molecular weight excluding hydrogens is 544 g/mol. The number of allylic oxidation sites excluding steroid dienone is 9. The SMILES string of the molecule is C/C=C\C=C\c1cccc(C(C/C=C(\C)C2=c3ccccc3=C(C(/C=C\N)=C/C)CC2)C(C)NC2C=CCC3CCCCC32)c1. The van der Waals surface area contributed by atoms with Gasteiger partial charge in [-0.3, -0.25) is 0 Å². The summed E-state index contributed by atoms with van der Waals surface area (Å²) in [6.45, 7) is 8.92. The summed E-state index contributed by atoms with van der Waals surface area (Å²) in [7, 11) is 0. The zero-order chi connectivity index (χ0) is 31.6. The van der Waals surface area contributed by atoms with Crippen LogP contribution in [0.4, 0.5) is 0 Å². The van der Waals surface area contributed by atoms with Crippen molar-refractivity contribution in [1.29, 1.82) is 0 Å². The van der Waals surface area contributed by atoms with Crippen LogP contribution in [0.3, 0.4) is 0 Å². The molecule has 0 aromatic heterocycles. The fourth-order valence-electron chi connectivity index (χ4n) is 8.08. The summed E-state index contributed by atoms with van der Waals surface area (Å²) in [5.41, 5.74) is 14.0. The molecule has 0 radical (unpaired) electrons. The van der Waals surface area contributed by atoms with Gasteiger partial charge in [0.25, 0.3) is 0 Å². The van der Waals surface area contributed by atoms with E-state index in [2.05, 4.69) is 130 Å². The number of hydrogen-bond donors (Lipinski definition) is 2. The fraction of sp³-hybridized carbons (Fsp3) is 0.395. The molecule has 3 N–H and O–H groups in total. The molecule has 0 spiro atoms. The van der Waals surface area contributed by atoms with Crippen molar-refractivity contribution in [3.63, 3.8) is 0 Å². The van der Waals surface area contributed by atoms with Gasteiger partial charge < -0.3 is 11.1 Å². The summed E-state index contributed by atoms with van der Waals surface area (Å²) in [5.74, 6) is 2.00. The van der Waals surface area contributed by atoms with Crippen molar-refractivity contribution in [2.24, 2.45) is 17.6 Å². The van der Waals surface area contributed by atoms with Crippen molar-refractivity contribution in [3.8, 4) is 0 Å². The summed E-state index contributed by atoms with van der Waals surface area (Å²) < 4.78 is 0. The Morgan fingerprint density at radius 2 is 1.76 bits per heavy atom. The van der Waals surface area contributed by atoms with E-state index in [1.54, 1.807) is 6.20 Å². The van der Waals surface area contributed by atoms with Crippen LogP contribution in [0.5, 0.6) is 0 Å². The second-order valence-corrected chi connectivity index (χ2v) is 13.2. The minimum Gasteiger partial charge on any atom is -0.405 e. The number of hydrogen-bond acceptors (Lipinski definition) is 2. The van der Waals surface area contributed by atoms with Crippen LogP contribution in [0.15, 0.2) is 114 Å². The molecule has 0 saturated heterocycles. The zero-order valence-corrected chi connectivity index (χ0v) is 28.0. The molecule has 0 amide bonds. The molecule has 0 aliphatic heterocycles. The molecule has 5 atom stereocenters. The van der Waals surface area contributed by atoms with Crippen LogP contribution in [0.1, 0.15) is 96.1 Å². The highest BCUT2D eigenvalue weighted by molar-refractivity contribution is 5.75. The van der Waals surface area contributed by atoms with Gasteiger partial charge in [-0.05, 0) is 129 Å². The lowest BCUT2D eigenvalue weighted by atomic mass is 9.70. The Morgan fingerprint density at radius 1 is 0.978 bits per heavy atom. The fourth-order valence-corrected chi connectivity index (χ4v) is 8.08. The minimum atomic E-state index is 0.350. The van der Waals surface area contributed by atoms with Gasteiger partial charge in [0.1, 0.15) is 0 Å². The van der Waals surface area contributed by atoms with Gasteiger partial charge in [0.15, 0.2) is 0 Å². The maximum Gasteiger partial charge on any atom is 0.0283 e. The summed E-state index contributed by atoms with van der Waals surface area (Å²) in [5, 5.41) is 6.88. The van der Waals surface area contributed by atoms with Crippen LogP contribution in [0.25, 0.3) is 17.2 Å². The van der Waals surface area contributed by atoms with Crippen LogP contribution in [-0.2, 0) is 0 Å². The van der Waals surface area contributed by atoms with E-state index in [1.807, 2.05) is 6.08 Å². The van der Waals surface area contributed by atoms with Crippen LogP contribution >= 0.6 is 0 Å². The summed E-state index contributed by atoms with van der Waals surface area (Å²) in [6, 6.07) is 19.0. The predicted octanol–water partition coefficient (Wildman–Crippen LogP) is 9.02. The van der Waals surface area contributed by atoms with E-state index in [9.17, 15) is 0 Å². The van der Waals surface area contributed by atoms with Gasteiger partial charge in [0, 0.05) is 18.0 Å². The molecule has 3 aliphatic rings. The van der Waals surface area contributed by atoms with Crippen LogP contribution in [0.2, 0.25) is 0 Å². The first kappa shape index (κ1) is 32.8. The Bertz CT molecular complexity index is 1610. The highest BCUT2D eigenvalue weighted by Gasteiger charge is 2.34. The quantitative estimate of drug-likeness (QED) is 0.200. The third kappa shape index (κ3) is 7.97. The Hall–Kier alpha value is -3.62. The molecule has 236 valence electrons. The minimum absolute atomic E-state index is 0.350. The summed E-state index contributed by atoms with van der Waals surface area (Å²) in [4.78, 5) is 0. The van der Waals surface area contributed by atoms with E-state index in [4.69, 9.17) is 5.73 Å². The van der Waals surface area contributed by atoms with Crippen LogP contribution < -0.4 is 21.5 Å². The monoisotopic (exact) mass is 598 g/mol. The predicted molar refractivity (Wildman–Crippen MR) is 196 cm³/mol. The van der Waals surface area contributed by atoms with Gasteiger partial charge in [-0.15, -0.1) is 0 Å². The average molecular weight is 599 g/mol. The van der Waals surface area contributed by atoms with E-state index >= 15 is 0 Å². The number of fused-ring (bicyclic) bond motifs is 2. The summed E-state index contributed by atoms with van der Waals surface area (Å²) >= 11 is 0. The van der Waals surface area contributed by atoms with Crippen LogP contribution in [0, 0.1) is 11.8 Å². The molecule has 3 aliphatic carbocycles. The number of nitrogens with two attached hydrogens (primary N) is 1. The Balaban J connectivity index is 1.49. The Labute approximate surface area is 272 Å². The molecule has 1 saturated carbocycles.